The fourth-order valence-corrected chi connectivity index (χ4v) is 2.67. The molecule has 2 rings (SSSR count). The van der Waals surface area contributed by atoms with E-state index in [0.717, 1.165) is 38.5 Å². The number of aromatic nitrogens is 2. The molecule has 20 heavy (non-hydrogen) atoms. The first-order valence-electron chi connectivity index (χ1n) is 7.67. The van der Waals surface area contributed by atoms with E-state index in [2.05, 4.69) is 29.5 Å². The summed E-state index contributed by atoms with van der Waals surface area (Å²) >= 11 is 0. The van der Waals surface area contributed by atoms with E-state index in [4.69, 9.17) is 0 Å². The fraction of sp³-hybridized carbons (Fsp3) is 0.733. The van der Waals surface area contributed by atoms with Gasteiger partial charge in [0.05, 0.1) is 0 Å². The Morgan fingerprint density at radius 1 is 1.55 bits per heavy atom. The van der Waals surface area contributed by atoms with Crippen LogP contribution >= 0.6 is 0 Å². The minimum Gasteiger partial charge on any atom is -0.365 e. The second-order valence-corrected chi connectivity index (χ2v) is 6.06. The molecular formula is C15H26N4O. The Morgan fingerprint density at radius 2 is 2.40 bits per heavy atom. The summed E-state index contributed by atoms with van der Waals surface area (Å²) in [4.78, 5) is 16.4. The topological polar surface area (TPSA) is 59.0 Å². The van der Waals surface area contributed by atoms with E-state index < -0.39 is 0 Å². The number of nitrogens with one attached hydrogen (secondary N) is 2. The number of hydrogen-bond acceptors (Lipinski definition) is 4. The SMILES string of the molecule is CC(C)Cn1ccnc(NCCC2CCCNC2)c1=O. The highest BCUT2D eigenvalue weighted by molar-refractivity contribution is 5.30. The Bertz CT molecular complexity index is 463. The fourth-order valence-electron chi connectivity index (χ4n) is 2.67. The summed E-state index contributed by atoms with van der Waals surface area (Å²) in [6.07, 6.45) is 7.10. The van der Waals surface area contributed by atoms with Crippen molar-refractivity contribution in [1.29, 1.82) is 0 Å². The number of anilines is 1. The summed E-state index contributed by atoms with van der Waals surface area (Å²) in [5.74, 6) is 1.66. The number of piperidine rings is 1. The van der Waals surface area contributed by atoms with Gasteiger partial charge in [0.2, 0.25) is 0 Å². The van der Waals surface area contributed by atoms with Gasteiger partial charge >= 0.3 is 0 Å². The van der Waals surface area contributed by atoms with Crippen LogP contribution in [0.1, 0.15) is 33.1 Å². The molecule has 1 unspecified atom stereocenters. The van der Waals surface area contributed by atoms with Gasteiger partial charge in [-0.15, -0.1) is 0 Å². The van der Waals surface area contributed by atoms with Gasteiger partial charge in [-0.25, -0.2) is 4.98 Å². The van der Waals surface area contributed by atoms with Crippen LogP contribution in [0.15, 0.2) is 17.2 Å². The number of hydrogen-bond donors (Lipinski definition) is 2. The van der Waals surface area contributed by atoms with Gasteiger partial charge in [0.15, 0.2) is 5.82 Å². The summed E-state index contributed by atoms with van der Waals surface area (Å²) in [5.41, 5.74) is -0.0111. The number of rotatable bonds is 6. The lowest BCUT2D eigenvalue weighted by Crippen LogP contribution is -2.31. The van der Waals surface area contributed by atoms with Crippen LogP contribution in [-0.2, 0) is 6.54 Å². The van der Waals surface area contributed by atoms with E-state index >= 15 is 0 Å². The zero-order valence-corrected chi connectivity index (χ0v) is 12.6. The highest BCUT2D eigenvalue weighted by Gasteiger charge is 2.13. The summed E-state index contributed by atoms with van der Waals surface area (Å²) in [5, 5.41) is 6.62. The normalized spacial score (nSPS) is 19.2. The molecule has 5 heteroatoms. The molecule has 0 bridgehead atoms. The van der Waals surface area contributed by atoms with Crippen molar-refractivity contribution < 1.29 is 0 Å². The quantitative estimate of drug-likeness (QED) is 0.831. The van der Waals surface area contributed by atoms with Crippen molar-refractivity contribution in [2.24, 2.45) is 11.8 Å². The minimum absolute atomic E-state index is 0.0111. The van der Waals surface area contributed by atoms with Crippen molar-refractivity contribution in [1.82, 2.24) is 14.9 Å². The molecular weight excluding hydrogens is 252 g/mol. The first kappa shape index (κ1) is 15.0. The third-order valence-corrected chi connectivity index (χ3v) is 3.72. The summed E-state index contributed by atoms with van der Waals surface area (Å²) in [7, 11) is 0. The standard InChI is InChI=1S/C15H26N4O/c1-12(2)11-19-9-8-18-14(15(19)20)17-7-5-13-4-3-6-16-10-13/h8-9,12-13,16H,3-7,10-11H2,1-2H3,(H,17,18). The molecule has 1 aromatic rings. The lowest BCUT2D eigenvalue weighted by molar-refractivity contribution is 0.364. The maximum Gasteiger partial charge on any atom is 0.293 e. The van der Waals surface area contributed by atoms with Crippen LogP contribution in [0.4, 0.5) is 5.82 Å². The highest BCUT2D eigenvalue weighted by Crippen LogP contribution is 2.13. The molecule has 1 aliphatic rings. The minimum atomic E-state index is -0.0111. The Hall–Kier alpha value is -1.36. The smallest absolute Gasteiger partial charge is 0.293 e. The second kappa shape index (κ2) is 7.43. The van der Waals surface area contributed by atoms with E-state index in [9.17, 15) is 4.79 Å². The molecule has 1 fully saturated rings. The van der Waals surface area contributed by atoms with Crippen LogP contribution in [0.3, 0.4) is 0 Å². The predicted molar refractivity (Wildman–Crippen MR) is 82.0 cm³/mol. The van der Waals surface area contributed by atoms with Gasteiger partial charge < -0.3 is 15.2 Å². The van der Waals surface area contributed by atoms with E-state index in [0.29, 0.717) is 11.7 Å². The molecule has 1 aromatic heterocycles. The lowest BCUT2D eigenvalue weighted by atomic mass is 9.96. The van der Waals surface area contributed by atoms with E-state index in [1.165, 1.54) is 12.8 Å². The van der Waals surface area contributed by atoms with Gasteiger partial charge in [-0.1, -0.05) is 13.8 Å². The first-order valence-corrected chi connectivity index (χ1v) is 7.67. The van der Waals surface area contributed by atoms with Crippen molar-refractivity contribution in [3.05, 3.63) is 22.7 Å². The van der Waals surface area contributed by atoms with E-state index in [1.54, 1.807) is 17.0 Å². The largest absolute Gasteiger partial charge is 0.365 e. The van der Waals surface area contributed by atoms with Crippen molar-refractivity contribution in [3.8, 4) is 0 Å². The summed E-state index contributed by atoms with van der Waals surface area (Å²) in [6.45, 7) is 8.01. The molecule has 0 spiro atoms. The molecule has 0 saturated carbocycles. The van der Waals surface area contributed by atoms with Crippen molar-refractivity contribution >= 4 is 5.82 Å². The molecule has 112 valence electrons. The van der Waals surface area contributed by atoms with Crippen LogP contribution in [0.25, 0.3) is 0 Å². The first-order chi connectivity index (χ1) is 9.66. The molecule has 1 saturated heterocycles. The van der Waals surface area contributed by atoms with Gasteiger partial charge in [-0.3, -0.25) is 4.79 Å². The predicted octanol–water partition coefficient (Wildman–Crippen LogP) is 1.70. The van der Waals surface area contributed by atoms with Gasteiger partial charge in [0, 0.05) is 25.5 Å². The van der Waals surface area contributed by atoms with Crippen molar-refractivity contribution in [3.63, 3.8) is 0 Å². The second-order valence-electron chi connectivity index (χ2n) is 6.06. The summed E-state index contributed by atoms with van der Waals surface area (Å²) < 4.78 is 1.74. The zero-order valence-electron chi connectivity index (χ0n) is 12.6. The van der Waals surface area contributed by atoms with Crippen LogP contribution in [-0.4, -0.2) is 29.2 Å². The van der Waals surface area contributed by atoms with Crippen LogP contribution in [0.5, 0.6) is 0 Å². The monoisotopic (exact) mass is 278 g/mol. The third-order valence-electron chi connectivity index (χ3n) is 3.72. The molecule has 5 nitrogen and oxygen atoms in total. The van der Waals surface area contributed by atoms with Crippen LogP contribution in [0.2, 0.25) is 0 Å². The van der Waals surface area contributed by atoms with E-state index in [1.807, 2.05) is 0 Å². The molecule has 0 radical (unpaired) electrons. The van der Waals surface area contributed by atoms with Crippen LogP contribution < -0.4 is 16.2 Å². The third kappa shape index (κ3) is 4.34. The Kier molecular flexibility index (Phi) is 5.59. The molecule has 1 atom stereocenters. The van der Waals surface area contributed by atoms with Gasteiger partial charge in [-0.2, -0.15) is 0 Å². The molecule has 1 aliphatic heterocycles. The van der Waals surface area contributed by atoms with Gasteiger partial charge in [-0.05, 0) is 44.2 Å². The van der Waals surface area contributed by atoms with Crippen molar-refractivity contribution in [2.45, 2.75) is 39.7 Å². The Morgan fingerprint density at radius 3 is 3.10 bits per heavy atom. The lowest BCUT2D eigenvalue weighted by Gasteiger charge is -2.22. The Balaban J connectivity index is 1.87. The maximum absolute atomic E-state index is 12.2. The molecule has 2 heterocycles. The van der Waals surface area contributed by atoms with Gasteiger partial charge in [0.1, 0.15) is 0 Å². The summed E-state index contributed by atoms with van der Waals surface area (Å²) in [6, 6.07) is 0. The molecule has 0 aliphatic carbocycles. The molecule has 2 N–H and O–H groups in total. The van der Waals surface area contributed by atoms with Crippen LogP contribution in [0, 0.1) is 11.8 Å². The Labute approximate surface area is 120 Å². The van der Waals surface area contributed by atoms with E-state index in [-0.39, 0.29) is 5.56 Å². The van der Waals surface area contributed by atoms with Gasteiger partial charge in [0.25, 0.3) is 5.56 Å². The van der Waals surface area contributed by atoms with Crippen molar-refractivity contribution in [2.75, 3.05) is 25.0 Å². The maximum atomic E-state index is 12.2. The molecule has 0 aromatic carbocycles. The highest BCUT2D eigenvalue weighted by atomic mass is 16.1. The number of nitrogens with zero attached hydrogens (tertiary/aromatic N) is 2. The average Bonchev–Trinajstić information content (AvgIpc) is 2.43. The molecule has 0 amide bonds. The average molecular weight is 278 g/mol. The zero-order chi connectivity index (χ0) is 14.4.